The molecule has 0 saturated carbocycles. The van der Waals surface area contributed by atoms with Gasteiger partial charge in [0.05, 0.1) is 6.61 Å². The Bertz CT molecular complexity index is 1860. The second-order valence-corrected chi connectivity index (χ2v) is 14.8. The number of amides is 7. The van der Waals surface area contributed by atoms with Crippen LogP contribution in [0.2, 0.25) is 0 Å². The molecular formula is C40H54N8O8. The Morgan fingerprint density at radius 3 is 1.82 bits per heavy atom. The molecule has 3 aromatic rings. The van der Waals surface area contributed by atoms with E-state index in [1.807, 2.05) is 24.3 Å². The molecule has 7 amide bonds. The number of carbonyl (C=O) groups is 7. The molecule has 16 heteroatoms. The smallest absolute Gasteiger partial charge is 0.245 e. The molecule has 1 aliphatic rings. The third-order valence-electron chi connectivity index (χ3n) is 9.61. The molecule has 1 fully saturated rings. The number of aromatic amines is 1. The zero-order chi connectivity index (χ0) is 40.9. The number of hydrogen-bond acceptors (Lipinski definition) is 8. The lowest BCUT2D eigenvalue weighted by Crippen LogP contribution is -2.61. The van der Waals surface area contributed by atoms with Crippen molar-refractivity contribution in [2.45, 2.75) is 96.6 Å². The van der Waals surface area contributed by atoms with E-state index in [4.69, 9.17) is 0 Å². The maximum absolute atomic E-state index is 14.0. The van der Waals surface area contributed by atoms with Crippen LogP contribution >= 0.6 is 0 Å². The molecule has 2 heterocycles. The van der Waals surface area contributed by atoms with Gasteiger partial charge in [-0.2, -0.15) is 0 Å². The van der Waals surface area contributed by atoms with E-state index in [0.717, 1.165) is 16.5 Å². The molecule has 6 atom stereocenters. The van der Waals surface area contributed by atoms with Gasteiger partial charge in [0.15, 0.2) is 0 Å². The van der Waals surface area contributed by atoms with Crippen molar-refractivity contribution in [3.8, 4) is 0 Å². The lowest BCUT2D eigenvalue weighted by atomic mass is 9.99. The second-order valence-electron chi connectivity index (χ2n) is 14.8. The highest BCUT2D eigenvalue weighted by Crippen LogP contribution is 2.19. The molecule has 0 radical (unpaired) electrons. The van der Waals surface area contributed by atoms with Gasteiger partial charge >= 0.3 is 0 Å². The largest absolute Gasteiger partial charge is 0.394 e. The van der Waals surface area contributed by atoms with Crippen LogP contribution in [0.1, 0.15) is 58.6 Å². The average molecular weight is 775 g/mol. The molecule has 2 aromatic carbocycles. The number of aromatic nitrogens is 1. The number of benzene rings is 2. The number of aliphatic hydroxyl groups excluding tert-OH is 1. The van der Waals surface area contributed by atoms with E-state index < -0.39 is 96.0 Å². The SMILES string of the molecule is CC1NC(=O)CCCNC(=O)C(Cc2c[nH]c3ccccc23)NC(=O)C(CO)NC(=O)C(C(C)C)NC(=O)C(Cc2ccccc2)NC(=O)C(C(C)C)NC1=O. The Morgan fingerprint density at radius 2 is 1.18 bits per heavy atom. The molecule has 9 N–H and O–H groups in total. The summed E-state index contributed by atoms with van der Waals surface area (Å²) in [7, 11) is 0. The van der Waals surface area contributed by atoms with Crippen LogP contribution < -0.4 is 37.2 Å². The van der Waals surface area contributed by atoms with Crippen molar-refractivity contribution in [2.24, 2.45) is 11.8 Å². The molecule has 0 spiro atoms. The van der Waals surface area contributed by atoms with Crippen LogP contribution in [-0.4, -0.2) is 101 Å². The van der Waals surface area contributed by atoms with Gasteiger partial charge in [-0.1, -0.05) is 76.2 Å². The summed E-state index contributed by atoms with van der Waals surface area (Å²) in [6, 6.07) is 9.18. The Kier molecular flexibility index (Phi) is 15.5. The first-order chi connectivity index (χ1) is 26.7. The van der Waals surface area contributed by atoms with Gasteiger partial charge in [-0.3, -0.25) is 33.6 Å². The quantitative estimate of drug-likeness (QED) is 0.159. The number of nitrogens with one attached hydrogen (secondary N) is 8. The minimum absolute atomic E-state index is 0.0393. The van der Waals surface area contributed by atoms with Crippen LogP contribution in [0.25, 0.3) is 10.9 Å². The van der Waals surface area contributed by atoms with Crippen LogP contribution in [-0.2, 0) is 46.4 Å². The van der Waals surface area contributed by atoms with Crippen molar-refractivity contribution in [1.82, 2.24) is 42.2 Å². The molecule has 0 bridgehead atoms. The maximum Gasteiger partial charge on any atom is 0.245 e. The number of H-pyrrole nitrogens is 1. The van der Waals surface area contributed by atoms with Crippen LogP contribution in [0.3, 0.4) is 0 Å². The van der Waals surface area contributed by atoms with E-state index in [1.165, 1.54) is 6.92 Å². The summed E-state index contributed by atoms with van der Waals surface area (Å²) in [4.78, 5) is 97.8. The van der Waals surface area contributed by atoms with Crippen LogP contribution in [0.4, 0.5) is 0 Å². The van der Waals surface area contributed by atoms with Crippen LogP contribution in [0.5, 0.6) is 0 Å². The molecule has 1 saturated heterocycles. The Labute approximate surface area is 326 Å². The second kappa shape index (κ2) is 20.2. The summed E-state index contributed by atoms with van der Waals surface area (Å²) in [6.07, 6.45) is 1.98. The molecule has 56 heavy (non-hydrogen) atoms. The lowest BCUT2D eigenvalue weighted by molar-refractivity contribution is -0.136. The van der Waals surface area contributed by atoms with Gasteiger partial charge in [-0.15, -0.1) is 0 Å². The summed E-state index contributed by atoms with van der Waals surface area (Å²) >= 11 is 0. The fourth-order valence-corrected chi connectivity index (χ4v) is 6.34. The minimum Gasteiger partial charge on any atom is -0.394 e. The number of aliphatic hydroxyl groups is 1. The molecule has 1 aromatic heterocycles. The van der Waals surface area contributed by atoms with Gasteiger partial charge in [0.2, 0.25) is 41.4 Å². The van der Waals surface area contributed by atoms with Gasteiger partial charge in [0.25, 0.3) is 0 Å². The molecule has 1 aliphatic heterocycles. The zero-order valence-corrected chi connectivity index (χ0v) is 32.4. The number of hydrogen-bond donors (Lipinski definition) is 9. The third-order valence-corrected chi connectivity index (χ3v) is 9.61. The van der Waals surface area contributed by atoms with E-state index in [2.05, 4.69) is 42.2 Å². The predicted molar refractivity (Wildman–Crippen MR) is 208 cm³/mol. The predicted octanol–water partition coefficient (Wildman–Crippen LogP) is 0.0961. The molecule has 6 unspecified atom stereocenters. The summed E-state index contributed by atoms with van der Waals surface area (Å²) < 4.78 is 0. The molecule has 0 aliphatic carbocycles. The highest BCUT2D eigenvalue weighted by atomic mass is 16.3. The van der Waals surface area contributed by atoms with Crippen molar-refractivity contribution in [1.29, 1.82) is 0 Å². The van der Waals surface area contributed by atoms with E-state index in [1.54, 1.807) is 64.2 Å². The number of para-hydroxylation sites is 1. The van der Waals surface area contributed by atoms with Gasteiger partial charge in [0.1, 0.15) is 36.3 Å². The Balaban J connectivity index is 1.65. The van der Waals surface area contributed by atoms with Crippen LogP contribution in [0, 0.1) is 11.8 Å². The standard InChI is InChI=1S/C40H54N8O8/c1-22(2)33-39(55)45-29(18-25-12-7-6-8-13-25)37(53)48-34(23(3)4)40(56)46-31(21-49)38(54)44-30(19-26-20-42-28-15-10-9-14-27(26)28)36(52)41-17-11-16-32(50)43-24(5)35(51)47-33/h6-10,12-15,20,22-24,29-31,33-34,42,49H,11,16-19,21H2,1-5H3,(H,41,52)(H,43,50)(H,44,54)(H,45,55)(H,46,56)(H,47,51)(H,48,53). The first-order valence-electron chi connectivity index (χ1n) is 19.0. The first-order valence-corrected chi connectivity index (χ1v) is 19.0. The number of fused-ring (bicyclic) bond motifs is 1. The minimum atomic E-state index is -1.50. The summed E-state index contributed by atoms with van der Waals surface area (Å²) in [6.45, 7) is 7.52. The van der Waals surface area contributed by atoms with E-state index >= 15 is 0 Å². The van der Waals surface area contributed by atoms with Gasteiger partial charge in [-0.05, 0) is 42.4 Å². The first kappa shape index (κ1) is 43.0. The number of carbonyl (C=O) groups excluding carboxylic acids is 7. The van der Waals surface area contributed by atoms with E-state index in [-0.39, 0.29) is 32.2 Å². The highest BCUT2D eigenvalue weighted by Gasteiger charge is 2.35. The van der Waals surface area contributed by atoms with E-state index in [9.17, 15) is 38.7 Å². The highest BCUT2D eigenvalue weighted by molar-refractivity contribution is 5.97. The Morgan fingerprint density at radius 1 is 0.625 bits per heavy atom. The van der Waals surface area contributed by atoms with Crippen molar-refractivity contribution in [2.75, 3.05) is 13.2 Å². The summed E-state index contributed by atoms with van der Waals surface area (Å²) in [5.41, 5.74) is 2.26. The average Bonchev–Trinajstić information content (AvgIpc) is 3.57. The molecule has 302 valence electrons. The van der Waals surface area contributed by atoms with E-state index in [0.29, 0.717) is 5.56 Å². The van der Waals surface area contributed by atoms with Gasteiger partial charge in [0, 0.05) is 42.9 Å². The fraction of sp³-hybridized carbons (Fsp3) is 0.475. The molecule has 4 rings (SSSR count). The lowest BCUT2D eigenvalue weighted by Gasteiger charge is -2.29. The van der Waals surface area contributed by atoms with Gasteiger partial charge in [-0.25, -0.2) is 0 Å². The van der Waals surface area contributed by atoms with Crippen molar-refractivity contribution < 1.29 is 38.7 Å². The Hall–Kier alpha value is -5.77. The summed E-state index contributed by atoms with van der Waals surface area (Å²) in [5, 5.41) is 29.8. The van der Waals surface area contributed by atoms with Crippen molar-refractivity contribution in [3.05, 3.63) is 71.9 Å². The van der Waals surface area contributed by atoms with Gasteiger partial charge < -0.3 is 47.3 Å². The normalized spacial score (nSPS) is 24.4. The summed E-state index contributed by atoms with van der Waals surface area (Å²) in [5.74, 6) is -5.55. The fourth-order valence-electron chi connectivity index (χ4n) is 6.34. The third kappa shape index (κ3) is 11.9. The monoisotopic (exact) mass is 774 g/mol. The zero-order valence-electron chi connectivity index (χ0n) is 32.4. The maximum atomic E-state index is 14.0. The topological polar surface area (TPSA) is 240 Å². The van der Waals surface area contributed by atoms with Crippen molar-refractivity contribution >= 4 is 52.3 Å². The molecular weight excluding hydrogens is 720 g/mol. The van der Waals surface area contributed by atoms with Crippen molar-refractivity contribution in [3.63, 3.8) is 0 Å². The number of rotatable bonds is 7. The van der Waals surface area contributed by atoms with Crippen LogP contribution in [0.15, 0.2) is 60.8 Å². The molecule has 16 nitrogen and oxygen atoms in total.